The maximum atomic E-state index is 12.0. The number of H-pyrrole nitrogens is 1. The van der Waals surface area contributed by atoms with Crippen LogP contribution in [0.4, 0.5) is 0 Å². The number of ether oxygens (including phenoxy) is 2. The number of nitrogens with zero attached hydrogens (tertiary/aromatic N) is 1. The van der Waals surface area contributed by atoms with Gasteiger partial charge < -0.3 is 20.2 Å². The molecule has 0 bridgehead atoms. The molecule has 8 heteroatoms. The van der Waals surface area contributed by atoms with Crippen molar-refractivity contribution < 1.29 is 14.3 Å². The van der Waals surface area contributed by atoms with E-state index in [0.29, 0.717) is 31.9 Å². The van der Waals surface area contributed by atoms with Crippen LogP contribution in [0.3, 0.4) is 0 Å². The van der Waals surface area contributed by atoms with E-state index >= 15 is 0 Å². The summed E-state index contributed by atoms with van der Waals surface area (Å²) in [7, 11) is 1.46. The summed E-state index contributed by atoms with van der Waals surface area (Å²) in [4.78, 5) is 25.5. The molecule has 1 heterocycles. The highest BCUT2D eigenvalue weighted by Crippen LogP contribution is 2.37. The lowest BCUT2D eigenvalue weighted by Crippen LogP contribution is -2.20. The Morgan fingerprint density at radius 1 is 1.42 bits per heavy atom. The van der Waals surface area contributed by atoms with E-state index in [1.807, 2.05) is 28.7 Å². The van der Waals surface area contributed by atoms with Gasteiger partial charge in [0, 0.05) is 11.3 Å². The molecule has 0 aliphatic heterocycles. The Kier molecular flexibility index (Phi) is 5.46. The number of hydrogen-bond donors (Lipinski definition) is 2. The fourth-order valence-electron chi connectivity index (χ4n) is 2.19. The van der Waals surface area contributed by atoms with Gasteiger partial charge in [0.2, 0.25) is 0 Å². The lowest BCUT2D eigenvalue weighted by Gasteiger charge is -2.14. The monoisotopic (exact) mass is 439 g/mol. The Morgan fingerprint density at radius 2 is 2.12 bits per heavy atom. The van der Waals surface area contributed by atoms with Crippen molar-refractivity contribution in [3.63, 3.8) is 0 Å². The van der Waals surface area contributed by atoms with Crippen LogP contribution < -0.4 is 20.8 Å². The first-order valence-electron chi connectivity index (χ1n) is 6.80. The molecule has 0 saturated carbocycles. The summed E-state index contributed by atoms with van der Waals surface area (Å²) in [5, 5.41) is 9.27. The van der Waals surface area contributed by atoms with Gasteiger partial charge in [-0.05, 0) is 53.3 Å². The molecule has 7 nitrogen and oxygen atoms in total. The normalized spacial score (nSPS) is 10.1. The molecule has 3 N–H and O–H groups in total. The summed E-state index contributed by atoms with van der Waals surface area (Å²) >= 11 is 2.02. The molecule has 2 aromatic rings. The Labute approximate surface area is 151 Å². The molecule has 1 aromatic carbocycles. The SMILES string of the molecule is COc1cc(-c2cc(C)[nH]c(=O)c2C#N)cc(I)c1OCC(N)=O. The van der Waals surface area contributed by atoms with Gasteiger partial charge in [0.1, 0.15) is 11.6 Å². The van der Waals surface area contributed by atoms with E-state index in [-0.39, 0.29) is 12.2 Å². The number of aromatic amines is 1. The van der Waals surface area contributed by atoms with Crippen molar-refractivity contribution in [3.05, 3.63) is 43.4 Å². The van der Waals surface area contributed by atoms with Crippen LogP contribution in [0.15, 0.2) is 23.0 Å². The molecular weight excluding hydrogens is 425 g/mol. The second-order valence-corrected chi connectivity index (χ2v) is 6.09. The Morgan fingerprint density at radius 3 is 2.71 bits per heavy atom. The van der Waals surface area contributed by atoms with E-state index in [4.69, 9.17) is 15.2 Å². The minimum absolute atomic E-state index is 0.0178. The minimum atomic E-state index is -0.603. The first-order chi connectivity index (χ1) is 11.4. The zero-order chi connectivity index (χ0) is 17.9. The van der Waals surface area contributed by atoms with Gasteiger partial charge in [0.15, 0.2) is 18.1 Å². The summed E-state index contributed by atoms with van der Waals surface area (Å²) < 4.78 is 11.3. The molecule has 24 heavy (non-hydrogen) atoms. The molecule has 124 valence electrons. The number of carbonyl (C=O) groups is 1. The molecule has 2 rings (SSSR count). The quantitative estimate of drug-likeness (QED) is 0.688. The third-order valence-electron chi connectivity index (χ3n) is 3.18. The molecule has 0 aliphatic rings. The molecule has 1 aromatic heterocycles. The van der Waals surface area contributed by atoms with E-state index in [0.717, 1.165) is 0 Å². The molecule has 0 unspecified atom stereocenters. The van der Waals surface area contributed by atoms with Crippen molar-refractivity contribution in [3.8, 4) is 28.7 Å². The van der Waals surface area contributed by atoms with Crippen LogP contribution in [-0.4, -0.2) is 24.6 Å². The van der Waals surface area contributed by atoms with Gasteiger partial charge in [-0.2, -0.15) is 5.26 Å². The maximum Gasteiger partial charge on any atom is 0.266 e. The number of nitrogens with one attached hydrogen (secondary N) is 1. The van der Waals surface area contributed by atoms with Crippen LogP contribution in [-0.2, 0) is 4.79 Å². The van der Waals surface area contributed by atoms with Gasteiger partial charge in [-0.1, -0.05) is 0 Å². The number of nitrogens with two attached hydrogens (primary N) is 1. The molecule has 0 saturated heterocycles. The Hall–Kier alpha value is -2.54. The van der Waals surface area contributed by atoms with Crippen molar-refractivity contribution in [2.45, 2.75) is 6.92 Å². The van der Waals surface area contributed by atoms with Crippen molar-refractivity contribution in [1.82, 2.24) is 4.98 Å². The van der Waals surface area contributed by atoms with Crippen LogP contribution in [0.25, 0.3) is 11.1 Å². The summed E-state index contributed by atoms with van der Waals surface area (Å²) in [6.07, 6.45) is 0. The third-order valence-corrected chi connectivity index (χ3v) is 3.98. The number of rotatable bonds is 5. The van der Waals surface area contributed by atoms with Crippen LogP contribution >= 0.6 is 22.6 Å². The largest absolute Gasteiger partial charge is 0.493 e. The summed E-state index contributed by atoms with van der Waals surface area (Å²) in [6.45, 7) is 1.46. The van der Waals surface area contributed by atoms with Crippen molar-refractivity contribution in [2.75, 3.05) is 13.7 Å². The fraction of sp³-hybridized carbons (Fsp3) is 0.188. The molecule has 1 amide bonds. The fourth-order valence-corrected chi connectivity index (χ4v) is 2.94. The van der Waals surface area contributed by atoms with Gasteiger partial charge in [-0.15, -0.1) is 0 Å². The average molecular weight is 439 g/mol. The van der Waals surface area contributed by atoms with Crippen molar-refractivity contribution >= 4 is 28.5 Å². The van der Waals surface area contributed by atoms with Gasteiger partial charge in [0.25, 0.3) is 11.5 Å². The summed E-state index contributed by atoms with van der Waals surface area (Å²) in [6, 6.07) is 7.03. The van der Waals surface area contributed by atoms with Gasteiger partial charge in [-0.3, -0.25) is 9.59 Å². The minimum Gasteiger partial charge on any atom is -0.493 e. The van der Waals surface area contributed by atoms with Gasteiger partial charge in [-0.25, -0.2) is 0 Å². The predicted molar refractivity (Wildman–Crippen MR) is 95.9 cm³/mol. The number of amides is 1. The number of aryl methyl sites for hydroxylation is 1. The first kappa shape index (κ1) is 17.8. The number of methoxy groups -OCH3 is 1. The zero-order valence-electron chi connectivity index (χ0n) is 13.0. The molecule has 0 fully saturated rings. The highest BCUT2D eigenvalue weighted by atomic mass is 127. The van der Waals surface area contributed by atoms with Crippen LogP contribution in [0.2, 0.25) is 0 Å². The first-order valence-corrected chi connectivity index (χ1v) is 7.88. The molecular formula is C16H14IN3O4. The second-order valence-electron chi connectivity index (χ2n) is 4.93. The number of primary amides is 1. The number of carbonyl (C=O) groups excluding carboxylic acids is 1. The molecule has 0 aliphatic carbocycles. The van der Waals surface area contributed by atoms with E-state index in [1.54, 1.807) is 25.1 Å². The van der Waals surface area contributed by atoms with Gasteiger partial charge in [0.05, 0.1) is 10.7 Å². The van der Waals surface area contributed by atoms with E-state index in [9.17, 15) is 14.9 Å². The van der Waals surface area contributed by atoms with Crippen LogP contribution in [0.5, 0.6) is 11.5 Å². The highest BCUT2D eigenvalue weighted by molar-refractivity contribution is 14.1. The Balaban J connectivity index is 2.62. The Bertz CT molecular complexity index is 899. The number of hydrogen-bond acceptors (Lipinski definition) is 5. The summed E-state index contributed by atoms with van der Waals surface area (Å²) in [5.74, 6) is 0.148. The number of benzene rings is 1. The second kappa shape index (κ2) is 7.35. The van der Waals surface area contributed by atoms with E-state index < -0.39 is 11.5 Å². The number of pyridine rings is 1. The standard InChI is InChI=1S/C16H14IN3O4/c1-8-3-10(11(6-18)16(22)20-8)9-4-12(17)15(13(5-9)23-2)24-7-14(19)21/h3-5H,7H2,1-2H3,(H2,19,21)(H,20,22). The van der Waals surface area contributed by atoms with Crippen molar-refractivity contribution in [2.24, 2.45) is 5.73 Å². The number of aromatic nitrogens is 1. The van der Waals surface area contributed by atoms with Crippen LogP contribution in [0.1, 0.15) is 11.3 Å². The highest BCUT2D eigenvalue weighted by Gasteiger charge is 2.17. The molecule has 0 atom stereocenters. The average Bonchev–Trinajstić information content (AvgIpc) is 2.52. The number of halogens is 1. The predicted octanol–water partition coefficient (Wildman–Crippen LogP) is 1.70. The van der Waals surface area contributed by atoms with E-state index in [1.165, 1.54) is 7.11 Å². The lowest BCUT2D eigenvalue weighted by atomic mass is 10.0. The third kappa shape index (κ3) is 3.68. The molecule has 0 spiro atoms. The number of nitriles is 1. The zero-order valence-corrected chi connectivity index (χ0v) is 15.1. The van der Waals surface area contributed by atoms with E-state index in [2.05, 4.69) is 4.98 Å². The lowest BCUT2D eigenvalue weighted by molar-refractivity contribution is -0.119. The summed E-state index contributed by atoms with van der Waals surface area (Å²) in [5.41, 5.74) is 6.43. The van der Waals surface area contributed by atoms with Crippen LogP contribution in [0, 0.1) is 21.8 Å². The smallest absolute Gasteiger partial charge is 0.266 e. The maximum absolute atomic E-state index is 12.0. The topological polar surface area (TPSA) is 118 Å². The van der Waals surface area contributed by atoms with Gasteiger partial charge >= 0.3 is 0 Å². The molecule has 0 radical (unpaired) electrons. The van der Waals surface area contributed by atoms with Crippen molar-refractivity contribution in [1.29, 1.82) is 5.26 Å².